The number of aromatic nitrogens is 2. The number of carbonyl (C=O) groups excluding carboxylic acids is 1. The Morgan fingerprint density at radius 2 is 1.92 bits per heavy atom. The SMILES string of the molecule is CSCc1nc2ccccc2n1CC(=O)NC(C)c1ccccc1C. The van der Waals surface area contributed by atoms with Crippen molar-refractivity contribution in [2.75, 3.05) is 6.26 Å². The maximum absolute atomic E-state index is 12.6. The molecule has 5 heteroatoms. The lowest BCUT2D eigenvalue weighted by atomic mass is 10.0. The molecule has 2 aromatic carbocycles. The normalized spacial score (nSPS) is 12.3. The minimum absolute atomic E-state index is 0.00117. The van der Waals surface area contributed by atoms with E-state index in [1.54, 1.807) is 11.8 Å². The summed E-state index contributed by atoms with van der Waals surface area (Å²) in [4.78, 5) is 17.3. The van der Waals surface area contributed by atoms with Crippen LogP contribution in [0.5, 0.6) is 0 Å². The number of thioether (sulfide) groups is 1. The first-order chi connectivity index (χ1) is 12.1. The fourth-order valence-corrected chi connectivity index (χ4v) is 3.60. The average molecular weight is 353 g/mol. The van der Waals surface area contributed by atoms with Crippen LogP contribution in [0.25, 0.3) is 11.0 Å². The lowest BCUT2D eigenvalue weighted by molar-refractivity contribution is -0.122. The molecule has 0 aliphatic heterocycles. The van der Waals surface area contributed by atoms with E-state index in [1.807, 2.05) is 54.1 Å². The molecule has 0 radical (unpaired) electrons. The summed E-state index contributed by atoms with van der Waals surface area (Å²) in [7, 11) is 0. The average Bonchev–Trinajstić information content (AvgIpc) is 2.93. The Balaban J connectivity index is 1.80. The van der Waals surface area contributed by atoms with E-state index < -0.39 is 0 Å². The number of para-hydroxylation sites is 2. The Bertz CT molecular complexity index is 888. The number of nitrogens with zero attached hydrogens (tertiary/aromatic N) is 2. The van der Waals surface area contributed by atoms with E-state index in [9.17, 15) is 4.79 Å². The van der Waals surface area contributed by atoms with Crippen LogP contribution in [0, 0.1) is 6.92 Å². The highest BCUT2D eigenvalue weighted by Crippen LogP contribution is 2.20. The van der Waals surface area contributed by atoms with Crippen LogP contribution in [0.1, 0.15) is 29.9 Å². The third-order valence-corrected chi connectivity index (χ3v) is 4.89. The monoisotopic (exact) mass is 353 g/mol. The van der Waals surface area contributed by atoms with Crippen molar-refractivity contribution in [3.63, 3.8) is 0 Å². The van der Waals surface area contributed by atoms with Crippen LogP contribution in [-0.4, -0.2) is 21.7 Å². The third-order valence-electron chi connectivity index (χ3n) is 4.34. The van der Waals surface area contributed by atoms with Gasteiger partial charge in [-0.15, -0.1) is 0 Å². The molecule has 1 N–H and O–H groups in total. The van der Waals surface area contributed by atoms with Gasteiger partial charge in [0.15, 0.2) is 0 Å². The van der Waals surface area contributed by atoms with Gasteiger partial charge in [-0.05, 0) is 43.4 Å². The molecule has 130 valence electrons. The summed E-state index contributed by atoms with van der Waals surface area (Å²) in [6.07, 6.45) is 2.05. The van der Waals surface area contributed by atoms with Crippen molar-refractivity contribution >= 4 is 28.7 Å². The lowest BCUT2D eigenvalue weighted by Crippen LogP contribution is -2.30. The van der Waals surface area contributed by atoms with Crippen molar-refractivity contribution in [1.82, 2.24) is 14.9 Å². The number of aryl methyl sites for hydroxylation is 1. The van der Waals surface area contributed by atoms with Crippen molar-refractivity contribution in [2.45, 2.75) is 32.2 Å². The first kappa shape index (κ1) is 17.5. The van der Waals surface area contributed by atoms with E-state index in [2.05, 4.69) is 29.4 Å². The Kier molecular flexibility index (Phi) is 5.43. The third kappa shape index (κ3) is 3.87. The molecule has 3 rings (SSSR count). The van der Waals surface area contributed by atoms with Crippen LogP contribution in [0.15, 0.2) is 48.5 Å². The summed E-state index contributed by atoms with van der Waals surface area (Å²) < 4.78 is 2.02. The molecule has 1 atom stereocenters. The predicted molar refractivity (Wildman–Crippen MR) is 105 cm³/mol. The van der Waals surface area contributed by atoms with Gasteiger partial charge in [0.05, 0.1) is 22.8 Å². The molecule has 1 unspecified atom stereocenters. The molecule has 0 bridgehead atoms. The fourth-order valence-electron chi connectivity index (χ4n) is 3.12. The van der Waals surface area contributed by atoms with Gasteiger partial charge in [-0.3, -0.25) is 4.79 Å². The second-order valence-electron chi connectivity index (χ2n) is 6.18. The van der Waals surface area contributed by atoms with Gasteiger partial charge < -0.3 is 9.88 Å². The van der Waals surface area contributed by atoms with E-state index >= 15 is 0 Å². The molecular formula is C20H23N3OS. The van der Waals surface area contributed by atoms with Gasteiger partial charge in [-0.1, -0.05) is 36.4 Å². The Labute approximate surface area is 152 Å². The number of hydrogen-bond acceptors (Lipinski definition) is 3. The van der Waals surface area contributed by atoms with Crippen molar-refractivity contribution in [2.24, 2.45) is 0 Å². The predicted octanol–water partition coefficient (Wildman–Crippen LogP) is 4.09. The molecule has 0 aliphatic carbocycles. The van der Waals surface area contributed by atoms with Gasteiger partial charge >= 0.3 is 0 Å². The van der Waals surface area contributed by atoms with Gasteiger partial charge in [-0.2, -0.15) is 11.8 Å². The van der Waals surface area contributed by atoms with Crippen molar-refractivity contribution in [3.05, 3.63) is 65.5 Å². The fraction of sp³-hybridized carbons (Fsp3) is 0.300. The van der Waals surface area contributed by atoms with E-state index in [0.717, 1.165) is 28.2 Å². The van der Waals surface area contributed by atoms with E-state index in [4.69, 9.17) is 0 Å². The number of benzene rings is 2. The maximum atomic E-state index is 12.6. The maximum Gasteiger partial charge on any atom is 0.240 e. The standard InChI is InChI=1S/C20H23N3OS/c1-14-8-4-5-9-16(14)15(2)21-20(24)12-23-18-11-7-6-10-17(18)22-19(23)13-25-3/h4-11,15H,12-13H2,1-3H3,(H,21,24). The molecule has 0 aliphatic rings. The van der Waals surface area contributed by atoms with E-state index in [1.165, 1.54) is 5.56 Å². The van der Waals surface area contributed by atoms with Crippen LogP contribution in [0.3, 0.4) is 0 Å². The van der Waals surface area contributed by atoms with Crippen LogP contribution < -0.4 is 5.32 Å². The van der Waals surface area contributed by atoms with Crippen LogP contribution >= 0.6 is 11.8 Å². The zero-order valence-electron chi connectivity index (χ0n) is 14.8. The molecular weight excluding hydrogens is 330 g/mol. The summed E-state index contributed by atoms with van der Waals surface area (Å²) in [5, 5.41) is 3.11. The molecule has 3 aromatic rings. The molecule has 0 saturated heterocycles. The van der Waals surface area contributed by atoms with Crippen molar-refractivity contribution < 1.29 is 4.79 Å². The van der Waals surface area contributed by atoms with Crippen molar-refractivity contribution in [3.8, 4) is 0 Å². The molecule has 0 fully saturated rings. The lowest BCUT2D eigenvalue weighted by Gasteiger charge is -2.17. The number of imidazole rings is 1. The molecule has 1 aromatic heterocycles. The number of carbonyl (C=O) groups is 1. The second kappa shape index (κ2) is 7.74. The smallest absolute Gasteiger partial charge is 0.240 e. The van der Waals surface area contributed by atoms with Crippen molar-refractivity contribution in [1.29, 1.82) is 0 Å². The summed E-state index contributed by atoms with van der Waals surface area (Å²) in [6, 6.07) is 16.1. The molecule has 1 heterocycles. The number of rotatable bonds is 6. The number of nitrogens with one attached hydrogen (secondary N) is 1. The Hall–Kier alpha value is -2.27. The summed E-state index contributed by atoms with van der Waals surface area (Å²) in [5.74, 6) is 1.73. The Morgan fingerprint density at radius 1 is 1.20 bits per heavy atom. The molecule has 25 heavy (non-hydrogen) atoms. The second-order valence-corrected chi connectivity index (χ2v) is 7.05. The summed E-state index contributed by atoms with van der Waals surface area (Å²) in [6.45, 7) is 4.37. The molecule has 4 nitrogen and oxygen atoms in total. The van der Waals surface area contributed by atoms with Crippen LogP contribution in [0.4, 0.5) is 0 Å². The molecule has 0 saturated carbocycles. The summed E-state index contributed by atoms with van der Waals surface area (Å²) in [5.41, 5.74) is 4.28. The van der Waals surface area contributed by atoms with Gasteiger partial charge in [0, 0.05) is 0 Å². The van der Waals surface area contributed by atoms with Crippen LogP contribution in [0.2, 0.25) is 0 Å². The number of hydrogen-bond donors (Lipinski definition) is 1. The number of amides is 1. The first-order valence-corrected chi connectivity index (χ1v) is 9.77. The molecule has 1 amide bonds. The quantitative estimate of drug-likeness (QED) is 0.726. The topological polar surface area (TPSA) is 46.9 Å². The highest BCUT2D eigenvalue weighted by molar-refractivity contribution is 7.97. The van der Waals surface area contributed by atoms with Gasteiger partial charge in [0.25, 0.3) is 0 Å². The van der Waals surface area contributed by atoms with Gasteiger partial charge in [-0.25, -0.2) is 4.98 Å². The Morgan fingerprint density at radius 3 is 2.68 bits per heavy atom. The highest BCUT2D eigenvalue weighted by atomic mass is 32.2. The minimum atomic E-state index is -0.0208. The van der Waals surface area contributed by atoms with E-state index in [-0.39, 0.29) is 18.5 Å². The largest absolute Gasteiger partial charge is 0.348 e. The highest BCUT2D eigenvalue weighted by Gasteiger charge is 2.16. The minimum Gasteiger partial charge on any atom is -0.348 e. The zero-order chi connectivity index (χ0) is 17.8. The van der Waals surface area contributed by atoms with E-state index in [0.29, 0.717) is 0 Å². The van der Waals surface area contributed by atoms with Crippen LogP contribution in [-0.2, 0) is 17.1 Å². The first-order valence-electron chi connectivity index (χ1n) is 8.38. The van der Waals surface area contributed by atoms with Gasteiger partial charge in [0.2, 0.25) is 5.91 Å². The van der Waals surface area contributed by atoms with Gasteiger partial charge in [0.1, 0.15) is 12.4 Å². The molecule has 0 spiro atoms. The summed E-state index contributed by atoms with van der Waals surface area (Å²) >= 11 is 1.71. The zero-order valence-corrected chi connectivity index (χ0v) is 15.6. The number of fused-ring (bicyclic) bond motifs is 1.